The van der Waals surface area contributed by atoms with Gasteiger partial charge >= 0.3 is 0 Å². The Labute approximate surface area is 279 Å². The summed E-state index contributed by atoms with van der Waals surface area (Å²) in [7, 11) is -4.14. The van der Waals surface area contributed by atoms with Gasteiger partial charge in [-0.1, -0.05) is 98.1 Å². The summed E-state index contributed by atoms with van der Waals surface area (Å²) in [6.07, 6.45) is 5.38. The van der Waals surface area contributed by atoms with Crippen molar-refractivity contribution in [2.24, 2.45) is 0 Å². The van der Waals surface area contributed by atoms with Crippen molar-refractivity contribution >= 4 is 27.5 Å². The van der Waals surface area contributed by atoms with Gasteiger partial charge in [-0.25, -0.2) is 8.42 Å². The fraction of sp³-hybridized carbons (Fsp3) is 0.333. The van der Waals surface area contributed by atoms with Gasteiger partial charge in [-0.2, -0.15) is 0 Å². The van der Waals surface area contributed by atoms with Crippen molar-refractivity contribution in [1.29, 1.82) is 0 Å². The lowest BCUT2D eigenvalue weighted by molar-refractivity contribution is -0.140. The quantitative estimate of drug-likeness (QED) is 0.181. The number of hydrogen-bond donors (Lipinski definition) is 1. The number of anilines is 1. The van der Waals surface area contributed by atoms with Crippen molar-refractivity contribution in [2.75, 3.05) is 10.8 Å². The molecule has 1 N–H and O–H groups in total. The van der Waals surface area contributed by atoms with E-state index in [-0.39, 0.29) is 23.4 Å². The molecule has 1 atom stereocenters. The van der Waals surface area contributed by atoms with Crippen molar-refractivity contribution in [3.63, 3.8) is 0 Å². The van der Waals surface area contributed by atoms with Gasteiger partial charge in [-0.15, -0.1) is 0 Å². The molecule has 1 aliphatic rings. The third-order valence-corrected chi connectivity index (χ3v) is 11.0. The van der Waals surface area contributed by atoms with Crippen LogP contribution in [-0.4, -0.2) is 43.8 Å². The van der Waals surface area contributed by atoms with Crippen molar-refractivity contribution in [2.45, 2.75) is 82.8 Å². The van der Waals surface area contributed by atoms with Crippen molar-refractivity contribution in [1.82, 2.24) is 10.2 Å². The number of rotatable bonds is 12. The molecule has 8 heteroatoms. The van der Waals surface area contributed by atoms with Crippen LogP contribution in [0.1, 0.15) is 59.9 Å². The summed E-state index contributed by atoms with van der Waals surface area (Å²) in [5.74, 6) is -0.669. The predicted octanol–water partition coefficient (Wildman–Crippen LogP) is 6.90. The first-order valence-corrected chi connectivity index (χ1v) is 17.9. The minimum absolute atomic E-state index is 0.0513. The van der Waals surface area contributed by atoms with Gasteiger partial charge in [-0.05, 0) is 85.7 Å². The Morgan fingerprint density at radius 1 is 0.766 bits per heavy atom. The summed E-state index contributed by atoms with van der Waals surface area (Å²) >= 11 is 0. The van der Waals surface area contributed by atoms with Gasteiger partial charge in [0, 0.05) is 19.0 Å². The highest BCUT2D eigenvalue weighted by Gasteiger charge is 2.35. The van der Waals surface area contributed by atoms with Crippen LogP contribution in [0.4, 0.5) is 5.69 Å². The molecule has 0 spiro atoms. The molecule has 1 unspecified atom stereocenters. The standard InChI is InChI=1S/C39H45N3O4S/c1-29-23-24-35(25-31(29)3)42(47(45,46)36-21-11-6-12-22-36)28-38(43)41(27-33-18-14-13-15-30(33)2)37(26-32-16-7-4-8-17-32)39(44)40-34-19-9-5-10-20-34/h4,6-8,11-18,21-25,34,37H,5,9-10,19-20,26-28H2,1-3H3,(H,40,44). The lowest BCUT2D eigenvalue weighted by Crippen LogP contribution is -2.55. The Hall–Kier alpha value is -4.43. The molecule has 47 heavy (non-hydrogen) atoms. The molecule has 0 bridgehead atoms. The zero-order chi connectivity index (χ0) is 33.4. The smallest absolute Gasteiger partial charge is 0.264 e. The normalized spacial score (nSPS) is 14.3. The summed E-state index contributed by atoms with van der Waals surface area (Å²) in [6, 6.07) is 30.2. The monoisotopic (exact) mass is 651 g/mol. The first-order chi connectivity index (χ1) is 22.6. The molecule has 0 saturated heterocycles. The first-order valence-electron chi connectivity index (χ1n) is 16.5. The van der Waals surface area contributed by atoms with E-state index in [0.717, 1.165) is 59.9 Å². The van der Waals surface area contributed by atoms with Crippen molar-refractivity contribution in [3.05, 3.63) is 131 Å². The Morgan fingerprint density at radius 2 is 1.40 bits per heavy atom. The molecule has 7 nitrogen and oxygen atoms in total. The average molecular weight is 652 g/mol. The number of nitrogens with zero attached hydrogens (tertiary/aromatic N) is 2. The Balaban J connectivity index is 1.58. The van der Waals surface area contributed by atoms with Gasteiger partial charge in [0.2, 0.25) is 11.8 Å². The van der Waals surface area contributed by atoms with E-state index >= 15 is 0 Å². The number of aryl methyl sites for hydroxylation is 3. The Kier molecular flexibility index (Phi) is 11.1. The highest BCUT2D eigenvalue weighted by molar-refractivity contribution is 7.92. The molecular formula is C39H45N3O4S. The molecule has 5 rings (SSSR count). The third kappa shape index (κ3) is 8.49. The van der Waals surface area contributed by atoms with Crippen LogP contribution in [0.3, 0.4) is 0 Å². The van der Waals surface area contributed by atoms with Gasteiger partial charge in [0.05, 0.1) is 10.6 Å². The second-order valence-corrected chi connectivity index (χ2v) is 14.5. The fourth-order valence-corrected chi connectivity index (χ4v) is 7.63. The number of carbonyl (C=O) groups is 2. The first kappa shape index (κ1) is 33.9. The van der Waals surface area contributed by atoms with Crippen LogP contribution in [0.15, 0.2) is 108 Å². The maximum Gasteiger partial charge on any atom is 0.264 e. The zero-order valence-corrected chi connectivity index (χ0v) is 28.4. The highest BCUT2D eigenvalue weighted by atomic mass is 32.2. The lowest BCUT2D eigenvalue weighted by Gasteiger charge is -2.35. The predicted molar refractivity (Wildman–Crippen MR) is 188 cm³/mol. The minimum Gasteiger partial charge on any atom is -0.352 e. The largest absolute Gasteiger partial charge is 0.352 e. The van der Waals surface area contributed by atoms with E-state index in [2.05, 4.69) is 5.32 Å². The second-order valence-electron chi connectivity index (χ2n) is 12.6. The summed E-state index contributed by atoms with van der Waals surface area (Å²) in [4.78, 5) is 30.7. The zero-order valence-electron chi connectivity index (χ0n) is 27.6. The summed E-state index contributed by atoms with van der Waals surface area (Å²) in [5, 5.41) is 3.27. The Morgan fingerprint density at radius 3 is 2.06 bits per heavy atom. The molecule has 1 aliphatic carbocycles. The van der Waals surface area contributed by atoms with E-state index in [1.807, 2.05) is 81.4 Å². The average Bonchev–Trinajstić information content (AvgIpc) is 3.08. The lowest BCUT2D eigenvalue weighted by atomic mass is 9.94. The number of sulfonamides is 1. The van der Waals surface area contributed by atoms with Crippen LogP contribution in [0.5, 0.6) is 0 Å². The van der Waals surface area contributed by atoms with Gasteiger partial charge in [0.25, 0.3) is 10.0 Å². The van der Waals surface area contributed by atoms with Crippen LogP contribution < -0.4 is 9.62 Å². The van der Waals surface area contributed by atoms with Gasteiger partial charge in [0.15, 0.2) is 0 Å². The van der Waals surface area contributed by atoms with Crippen LogP contribution in [0.25, 0.3) is 0 Å². The molecule has 0 heterocycles. The number of nitrogens with one attached hydrogen (secondary N) is 1. The third-order valence-electron chi connectivity index (χ3n) is 9.21. The summed E-state index contributed by atoms with van der Waals surface area (Å²) in [5.41, 5.74) is 5.12. The van der Waals surface area contributed by atoms with Crippen molar-refractivity contribution in [3.8, 4) is 0 Å². The summed E-state index contributed by atoms with van der Waals surface area (Å²) < 4.78 is 29.6. The minimum atomic E-state index is -4.14. The molecule has 1 fully saturated rings. The molecule has 246 valence electrons. The molecule has 4 aromatic rings. The van der Waals surface area contributed by atoms with Gasteiger partial charge in [0.1, 0.15) is 12.6 Å². The fourth-order valence-electron chi connectivity index (χ4n) is 6.20. The Bertz CT molecular complexity index is 1770. The van der Waals surface area contributed by atoms with E-state index in [1.54, 1.807) is 35.2 Å². The topological polar surface area (TPSA) is 86.8 Å². The van der Waals surface area contributed by atoms with E-state index in [4.69, 9.17) is 0 Å². The SMILES string of the molecule is Cc1ccc(N(CC(=O)N(Cc2ccccc2C)C(Cc2ccccc2)C(=O)NC2CCCCC2)S(=O)(=O)c2ccccc2)cc1C. The summed E-state index contributed by atoms with van der Waals surface area (Å²) in [6.45, 7) is 5.56. The van der Waals surface area contributed by atoms with Gasteiger partial charge < -0.3 is 10.2 Å². The molecule has 1 saturated carbocycles. The maximum absolute atomic E-state index is 14.7. The molecule has 2 amide bonds. The molecule has 0 aliphatic heterocycles. The van der Waals surface area contributed by atoms with Crippen LogP contribution in [-0.2, 0) is 32.6 Å². The highest BCUT2D eigenvalue weighted by Crippen LogP contribution is 2.27. The van der Waals surface area contributed by atoms with E-state index in [9.17, 15) is 18.0 Å². The van der Waals surface area contributed by atoms with E-state index in [0.29, 0.717) is 12.1 Å². The van der Waals surface area contributed by atoms with E-state index in [1.165, 1.54) is 16.4 Å². The van der Waals surface area contributed by atoms with E-state index < -0.39 is 28.5 Å². The van der Waals surface area contributed by atoms with Crippen LogP contribution >= 0.6 is 0 Å². The molecular weight excluding hydrogens is 607 g/mol. The maximum atomic E-state index is 14.7. The number of hydrogen-bond acceptors (Lipinski definition) is 4. The number of amides is 2. The number of carbonyl (C=O) groups excluding carboxylic acids is 2. The van der Waals surface area contributed by atoms with Crippen LogP contribution in [0.2, 0.25) is 0 Å². The van der Waals surface area contributed by atoms with Crippen molar-refractivity contribution < 1.29 is 18.0 Å². The molecule has 0 aromatic heterocycles. The molecule has 0 radical (unpaired) electrons. The van der Waals surface area contributed by atoms with Gasteiger partial charge in [-0.3, -0.25) is 13.9 Å². The second kappa shape index (κ2) is 15.4. The molecule has 4 aromatic carbocycles. The number of benzene rings is 4. The van der Waals surface area contributed by atoms with Crippen LogP contribution in [0, 0.1) is 20.8 Å².